The van der Waals surface area contributed by atoms with E-state index < -0.39 is 32.5 Å². The van der Waals surface area contributed by atoms with Crippen molar-refractivity contribution in [2.45, 2.75) is 24.5 Å². The lowest BCUT2D eigenvalue weighted by Gasteiger charge is -2.22. The molecule has 0 radical (unpaired) electrons. The summed E-state index contributed by atoms with van der Waals surface area (Å²) >= 11 is 5.85. The first kappa shape index (κ1) is 21.5. The predicted molar refractivity (Wildman–Crippen MR) is 92.7 cm³/mol. The molecule has 0 N–H and O–H groups in total. The Hall–Kier alpha value is -1.84. The highest BCUT2D eigenvalue weighted by Gasteiger charge is 2.34. The minimum Gasteiger partial charge on any atom is -0.494 e. The van der Waals surface area contributed by atoms with E-state index in [4.69, 9.17) is 16.3 Å². The molecule has 0 fully saturated rings. The molecule has 0 aromatic heterocycles. The summed E-state index contributed by atoms with van der Waals surface area (Å²) in [5.41, 5.74) is -0.821. The van der Waals surface area contributed by atoms with E-state index in [2.05, 4.69) is 0 Å². The van der Waals surface area contributed by atoms with Crippen molar-refractivity contribution >= 4 is 21.6 Å². The smallest absolute Gasteiger partial charge is 0.416 e. The number of benzene rings is 2. The lowest BCUT2D eigenvalue weighted by atomic mass is 10.2. The van der Waals surface area contributed by atoms with Gasteiger partial charge in [0.15, 0.2) is 11.6 Å². The van der Waals surface area contributed by atoms with Crippen molar-refractivity contribution < 1.29 is 30.7 Å². The Morgan fingerprint density at radius 1 is 1.15 bits per heavy atom. The zero-order chi connectivity index (χ0) is 20.4. The Morgan fingerprint density at radius 2 is 1.81 bits per heavy atom. The van der Waals surface area contributed by atoms with Gasteiger partial charge in [0.25, 0.3) is 0 Å². The van der Waals surface area contributed by atoms with Crippen LogP contribution in [0.15, 0.2) is 41.3 Å². The highest BCUT2D eigenvalue weighted by molar-refractivity contribution is 7.89. The van der Waals surface area contributed by atoms with Gasteiger partial charge in [-0.1, -0.05) is 24.6 Å². The minimum atomic E-state index is -4.72. The Bertz CT molecular complexity index is 932. The highest BCUT2D eigenvalue weighted by atomic mass is 35.5. The third-order valence-electron chi connectivity index (χ3n) is 3.80. The number of methoxy groups -OCH3 is 1. The van der Waals surface area contributed by atoms with E-state index in [9.17, 15) is 26.0 Å². The zero-order valence-corrected chi connectivity index (χ0v) is 15.9. The van der Waals surface area contributed by atoms with Crippen LogP contribution in [0.1, 0.15) is 18.1 Å². The second kappa shape index (κ2) is 8.04. The second-order valence-electron chi connectivity index (χ2n) is 5.54. The van der Waals surface area contributed by atoms with Gasteiger partial charge in [0.05, 0.1) is 17.7 Å². The molecule has 0 atom stereocenters. The van der Waals surface area contributed by atoms with E-state index in [0.717, 1.165) is 16.4 Å². The fourth-order valence-electron chi connectivity index (χ4n) is 2.40. The Labute approximate surface area is 159 Å². The number of ether oxygens (including phenoxy) is 1. The van der Waals surface area contributed by atoms with Gasteiger partial charge in [-0.15, -0.1) is 0 Å². The van der Waals surface area contributed by atoms with Crippen LogP contribution in [0, 0.1) is 5.82 Å². The number of hydrogen-bond acceptors (Lipinski definition) is 3. The number of sulfonamides is 1. The molecule has 0 amide bonds. The van der Waals surface area contributed by atoms with Crippen molar-refractivity contribution in [2.75, 3.05) is 13.7 Å². The molecular weight excluding hydrogens is 410 g/mol. The van der Waals surface area contributed by atoms with Gasteiger partial charge in [0.2, 0.25) is 10.0 Å². The number of nitrogens with zero attached hydrogens (tertiary/aromatic N) is 1. The average Bonchev–Trinajstić information content (AvgIpc) is 2.58. The van der Waals surface area contributed by atoms with Crippen LogP contribution in [0.4, 0.5) is 17.6 Å². The first-order valence-corrected chi connectivity index (χ1v) is 9.51. The van der Waals surface area contributed by atoms with Gasteiger partial charge >= 0.3 is 6.18 Å². The van der Waals surface area contributed by atoms with E-state index in [-0.39, 0.29) is 23.9 Å². The molecule has 27 heavy (non-hydrogen) atoms. The summed E-state index contributed by atoms with van der Waals surface area (Å²) in [4.78, 5) is -0.658. The van der Waals surface area contributed by atoms with E-state index in [1.54, 1.807) is 0 Å². The lowest BCUT2D eigenvalue weighted by molar-refractivity contribution is -0.137. The topological polar surface area (TPSA) is 46.6 Å². The van der Waals surface area contributed by atoms with E-state index in [1.807, 2.05) is 0 Å². The van der Waals surface area contributed by atoms with Crippen LogP contribution in [-0.2, 0) is 22.7 Å². The normalized spacial score (nSPS) is 12.4. The van der Waals surface area contributed by atoms with Gasteiger partial charge in [0, 0.05) is 13.1 Å². The molecule has 0 heterocycles. The molecule has 4 nitrogen and oxygen atoms in total. The summed E-state index contributed by atoms with van der Waals surface area (Å²) in [6.07, 6.45) is -4.72. The third kappa shape index (κ3) is 4.72. The fraction of sp³-hybridized carbons (Fsp3) is 0.294. The van der Waals surface area contributed by atoms with Crippen LogP contribution in [-0.4, -0.2) is 26.4 Å². The van der Waals surface area contributed by atoms with Gasteiger partial charge in [-0.2, -0.15) is 17.5 Å². The van der Waals surface area contributed by atoms with Crippen LogP contribution in [0.3, 0.4) is 0 Å². The molecule has 0 aliphatic heterocycles. The van der Waals surface area contributed by atoms with Gasteiger partial charge in [-0.05, 0) is 35.9 Å². The summed E-state index contributed by atoms with van der Waals surface area (Å²) in [6, 6.07) is 5.99. The third-order valence-corrected chi connectivity index (χ3v) is 6.21. The molecule has 0 saturated carbocycles. The summed E-state index contributed by atoms with van der Waals surface area (Å²) in [6.45, 7) is 1.22. The van der Waals surface area contributed by atoms with Gasteiger partial charge in [-0.3, -0.25) is 0 Å². The van der Waals surface area contributed by atoms with E-state index in [0.29, 0.717) is 17.7 Å². The monoisotopic (exact) mass is 425 g/mol. The van der Waals surface area contributed by atoms with Crippen molar-refractivity contribution in [2.24, 2.45) is 0 Å². The van der Waals surface area contributed by atoms with Crippen LogP contribution in [0.25, 0.3) is 0 Å². The summed E-state index contributed by atoms with van der Waals surface area (Å²) in [5, 5.41) is -0.331. The molecule has 0 saturated heterocycles. The number of alkyl halides is 3. The molecule has 0 aliphatic carbocycles. The maximum absolute atomic E-state index is 13.8. The summed E-state index contributed by atoms with van der Waals surface area (Å²) in [5.74, 6) is -0.689. The standard InChI is InChI=1S/C17H16ClF4NO3S/c1-3-23(10-11-4-7-15(26-2)14(19)8-11)27(24,25)16-9-12(17(20,21)22)5-6-13(16)18/h4-9H,3,10H2,1-2H3. The Kier molecular flexibility index (Phi) is 6.39. The van der Waals surface area contributed by atoms with Crippen molar-refractivity contribution in [3.05, 3.63) is 58.4 Å². The van der Waals surface area contributed by atoms with Crippen LogP contribution < -0.4 is 4.74 Å². The maximum Gasteiger partial charge on any atom is 0.416 e. The van der Waals surface area contributed by atoms with Gasteiger partial charge in [0.1, 0.15) is 4.90 Å². The number of hydrogen-bond donors (Lipinski definition) is 0. The Balaban J connectivity index is 2.43. The average molecular weight is 426 g/mol. The first-order chi connectivity index (χ1) is 12.5. The SMILES string of the molecule is CCN(Cc1ccc(OC)c(F)c1)S(=O)(=O)c1cc(C(F)(F)F)ccc1Cl. The first-order valence-electron chi connectivity index (χ1n) is 7.70. The van der Waals surface area contributed by atoms with E-state index in [1.165, 1.54) is 26.2 Å². The molecule has 148 valence electrons. The second-order valence-corrected chi connectivity index (χ2v) is 7.86. The largest absolute Gasteiger partial charge is 0.494 e. The fourth-order valence-corrected chi connectivity index (χ4v) is 4.33. The summed E-state index contributed by atoms with van der Waals surface area (Å²) < 4.78 is 84.0. The van der Waals surface area contributed by atoms with Crippen LogP contribution >= 0.6 is 11.6 Å². The molecule has 0 bridgehead atoms. The van der Waals surface area contributed by atoms with Gasteiger partial charge in [-0.25, -0.2) is 12.8 Å². The minimum absolute atomic E-state index is 0.00872. The van der Waals surface area contributed by atoms with Gasteiger partial charge < -0.3 is 4.74 Å². The number of halogens is 5. The number of rotatable bonds is 6. The quantitative estimate of drug-likeness (QED) is 0.629. The zero-order valence-electron chi connectivity index (χ0n) is 14.3. The van der Waals surface area contributed by atoms with Crippen molar-refractivity contribution in [3.8, 4) is 5.75 Å². The van der Waals surface area contributed by atoms with Crippen molar-refractivity contribution in [1.82, 2.24) is 4.31 Å². The predicted octanol–water partition coefficient (Wildman–Crippen LogP) is 4.72. The molecule has 0 unspecified atom stereocenters. The molecule has 10 heteroatoms. The van der Waals surface area contributed by atoms with E-state index >= 15 is 0 Å². The molecule has 2 aromatic rings. The molecule has 2 aromatic carbocycles. The molecule has 2 rings (SSSR count). The van der Waals surface area contributed by atoms with Crippen molar-refractivity contribution in [1.29, 1.82) is 0 Å². The van der Waals surface area contributed by atoms with Crippen LogP contribution in [0.2, 0.25) is 5.02 Å². The summed E-state index contributed by atoms with van der Waals surface area (Å²) in [7, 11) is -3.06. The maximum atomic E-state index is 13.8. The molecule has 0 spiro atoms. The highest BCUT2D eigenvalue weighted by Crippen LogP contribution is 2.34. The molecule has 0 aliphatic rings. The van der Waals surface area contributed by atoms with Crippen LogP contribution in [0.5, 0.6) is 5.75 Å². The molecular formula is C17H16ClF4NO3S. The lowest BCUT2D eigenvalue weighted by Crippen LogP contribution is -2.31. The Morgan fingerprint density at radius 3 is 2.33 bits per heavy atom. The van der Waals surface area contributed by atoms with Crippen molar-refractivity contribution in [3.63, 3.8) is 0 Å².